The average molecular weight is 486 g/mol. The van der Waals surface area contributed by atoms with Crippen molar-refractivity contribution in [2.45, 2.75) is 99.2 Å². The highest BCUT2D eigenvalue weighted by atomic mass is 127. The summed E-state index contributed by atoms with van der Waals surface area (Å²) in [4.78, 5) is 0. The highest BCUT2D eigenvalue weighted by Gasteiger charge is 2.81. The molecule has 5 fully saturated rings. The van der Waals surface area contributed by atoms with E-state index in [1.165, 1.54) is 25.7 Å². The fourth-order valence-electron chi connectivity index (χ4n) is 6.88. The minimum atomic E-state index is -3.87. The third kappa shape index (κ3) is 2.63. The van der Waals surface area contributed by atoms with Crippen molar-refractivity contribution in [3.8, 4) is 0 Å². The van der Waals surface area contributed by atoms with Crippen LogP contribution in [0, 0.1) is 29.1 Å². The molecule has 0 nitrogen and oxygen atoms in total. The van der Waals surface area contributed by atoms with Crippen molar-refractivity contribution in [3.05, 3.63) is 0 Å². The topological polar surface area (TPSA) is 0 Å². The van der Waals surface area contributed by atoms with E-state index >= 15 is 8.78 Å². The van der Waals surface area contributed by atoms with Crippen LogP contribution in [0.5, 0.6) is 0 Å². The number of hydrogen-bond acceptors (Lipinski definition) is 0. The Labute approximate surface area is 168 Å². The molecule has 0 aromatic rings. The normalized spacial score (nSPS) is 50.5. The Balaban J connectivity index is 1.47. The van der Waals surface area contributed by atoms with E-state index in [1.54, 1.807) is 22.6 Å². The van der Waals surface area contributed by atoms with Gasteiger partial charge in [0.2, 0.25) is 0 Å². The van der Waals surface area contributed by atoms with Crippen LogP contribution in [0.3, 0.4) is 0 Å². The minimum Gasteiger partial charge on any atom is -0.199 e. The summed E-state index contributed by atoms with van der Waals surface area (Å²) < 4.78 is 58.1. The molecular formula is C21H31F4I. The first-order valence-corrected chi connectivity index (χ1v) is 11.7. The van der Waals surface area contributed by atoms with Crippen molar-refractivity contribution in [2.75, 3.05) is 0 Å². The number of hydrogen-bond donors (Lipinski definition) is 0. The molecule has 5 rings (SSSR count). The molecule has 5 aliphatic carbocycles. The summed E-state index contributed by atoms with van der Waals surface area (Å²) in [6, 6.07) is 0. The molecule has 5 saturated carbocycles. The zero-order chi connectivity index (χ0) is 18.8. The quantitative estimate of drug-likeness (QED) is 0.214. The Bertz CT molecular complexity index is 522. The van der Waals surface area contributed by atoms with Crippen LogP contribution in [0.1, 0.15) is 84.0 Å². The molecule has 0 saturated heterocycles. The van der Waals surface area contributed by atoms with Gasteiger partial charge in [-0.3, -0.25) is 0 Å². The Morgan fingerprint density at radius 3 is 1.62 bits per heavy atom. The Morgan fingerprint density at radius 2 is 1.12 bits per heavy atom. The van der Waals surface area contributed by atoms with E-state index in [9.17, 15) is 8.78 Å². The summed E-state index contributed by atoms with van der Waals surface area (Å²) in [6.45, 7) is 2.31. The molecule has 26 heavy (non-hydrogen) atoms. The van der Waals surface area contributed by atoms with E-state index in [4.69, 9.17) is 0 Å². The van der Waals surface area contributed by atoms with Crippen molar-refractivity contribution in [1.29, 1.82) is 0 Å². The summed E-state index contributed by atoms with van der Waals surface area (Å²) >= 11 is 1.64. The molecule has 0 radical (unpaired) electrons. The summed E-state index contributed by atoms with van der Waals surface area (Å²) in [5, 5.41) is 0. The largest absolute Gasteiger partial charge is 0.324 e. The lowest BCUT2D eigenvalue weighted by molar-refractivity contribution is -0.337. The second-order valence-electron chi connectivity index (χ2n) is 9.90. The van der Waals surface area contributed by atoms with Crippen LogP contribution in [0.25, 0.3) is 0 Å². The van der Waals surface area contributed by atoms with Gasteiger partial charge in [-0.2, -0.15) is 17.6 Å². The molecule has 0 aromatic heterocycles. The van der Waals surface area contributed by atoms with Gasteiger partial charge in [0.05, 0.1) is 3.42 Å². The number of alkyl halides is 5. The molecular weight excluding hydrogens is 455 g/mol. The minimum absolute atomic E-state index is 0.219. The Morgan fingerprint density at radius 1 is 0.654 bits per heavy atom. The van der Waals surface area contributed by atoms with E-state index < -0.39 is 20.7 Å². The van der Waals surface area contributed by atoms with Gasteiger partial charge in [-0.25, -0.2) is 0 Å². The van der Waals surface area contributed by atoms with Gasteiger partial charge in [-0.1, -0.05) is 42.4 Å². The summed E-state index contributed by atoms with van der Waals surface area (Å²) in [7, 11) is 0. The zero-order valence-corrected chi connectivity index (χ0v) is 17.8. The predicted octanol–water partition coefficient (Wildman–Crippen LogP) is 7.64. The SMILES string of the molecule is CC1CCC(C2CCC(C34CCC(I)(CC3)C(F)(F)C4(F)F)CC2)CC1. The third-order valence-electron chi connectivity index (χ3n) is 8.80. The van der Waals surface area contributed by atoms with Crippen molar-refractivity contribution in [3.63, 3.8) is 0 Å². The monoisotopic (exact) mass is 486 g/mol. The maximum absolute atomic E-state index is 15.1. The van der Waals surface area contributed by atoms with Gasteiger partial charge in [0.1, 0.15) is 0 Å². The van der Waals surface area contributed by atoms with Crippen LogP contribution in [-0.4, -0.2) is 15.3 Å². The highest BCUT2D eigenvalue weighted by Crippen LogP contribution is 2.73. The summed E-state index contributed by atoms with van der Waals surface area (Å²) in [5.41, 5.74) is -1.45. The van der Waals surface area contributed by atoms with Crippen LogP contribution >= 0.6 is 22.6 Å². The average Bonchev–Trinajstić information content (AvgIpc) is 2.62. The standard InChI is InChI=1S/C21H31F4I/c1-14-2-4-15(5-3-14)16-6-8-17(9-7-16)18-10-12-19(26,13-11-18)21(24,25)20(18,22)23/h14-17H,2-13H2,1H3. The van der Waals surface area contributed by atoms with Crippen LogP contribution in [-0.2, 0) is 0 Å². The van der Waals surface area contributed by atoms with E-state index in [0.29, 0.717) is 5.92 Å². The van der Waals surface area contributed by atoms with Gasteiger partial charge < -0.3 is 0 Å². The van der Waals surface area contributed by atoms with Crippen LogP contribution in [0.2, 0.25) is 0 Å². The molecule has 150 valence electrons. The van der Waals surface area contributed by atoms with Crippen LogP contribution in [0.4, 0.5) is 17.6 Å². The second-order valence-corrected chi connectivity index (χ2v) is 12.0. The van der Waals surface area contributed by atoms with E-state index in [0.717, 1.165) is 37.5 Å². The Hall–Kier alpha value is 0.450. The van der Waals surface area contributed by atoms with Crippen molar-refractivity contribution in [2.24, 2.45) is 29.1 Å². The smallest absolute Gasteiger partial charge is 0.199 e. The highest BCUT2D eigenvalue weighted by molar-refractivity contribution is 14.1. The zero-order valence-electron chi connectivity index (χ0n) is 15.7. The first-order valence-electron chi connectivity index (χ1n) is 10.6. The van der Waals surface area contributed by atoms with Crippen molar-refractivity contribution >= 4 is 22.6 Å². The summed E-state index contributed by atoms with van der Waals surface area (Å²) in [5.74, 6) is -5.74. The molecule has 0 unspecified atom stereocenters. The molecule has 0 N–H and O–H groups in total. The number of rotatable bonds is 2. The van der Waals surface area contributed by atoms with Crippen molar-refractivity contribution < 1.29 is 17.6 Å². The molecule has 2 bridgehead atoms. The maximum atomic E-state index is 15.1. The molecule has 5 aliphatic rings. The van der Waals surface area contributed by atoms with E-state index in [1.807, 2.05) is 0 Å². The lowest BCUT2D eigenvalue weighted by Gasteiger charge is -2.62. The second kappa shape index (κ2) is 6.48. The third-order valence-corrected chi connectivity index (χ3v) is 10.6. The fraction of sp³-hybridized carbons (Fsp3) is 1.00. The van der Waals surface area contributed by atoms with Gasteiger partial charge in [-0.15, -0.1) is 0 Å². The van der Waals surface area contributed by atoms with Gasteiger partial charge in [-0.05, 0) is 87.9 Å². The van der Waals surface area contributed by atoms with Gasteiger partial charge in [0.15, 0.2) is 0 Å². The van der Waals surface area contributed by atoms with Gasteiger partial charge in [0.25, 0.3) is 0 Å². The van der Waals surface area contributed by atoms with E-state index in [2.05, 4.69) is 6.92 Å². The first-order chi connectivity index (χ1) is 12.1. The lowest BCUT2D eigenvalue weighted by atomic mass is 9.49. The molecule has 0 amide bonds. The number of fused-ring (bicyclic) bond motifs is 3. The molecule has 0 atom stereocenters. The molecule has 0 aromatic carbocycles. The molecule has 0 heterocycles. The van der Waals surface area contributed by atoms with Gasteiger partial charge >= 0.3 is 11.8 Å². The summed E-state index contributed by atoms with van der Waals surface area (Å²) in [6.07, 6.45) is 9.60. The molecule has 0 spiro atoms. The maximum Gasteiger partial charge on any atom is 0.324 e. The predicted molar refractivity (Wildman–Crippen MR) is 104 cm³/mol. The lowest BCUT2D eigenvalue weighted by Crippen LogP contribution is -2.72. The Kier molecular flexibility index (Phi) is 4.92. The first kappa shape index (κ1) is 19.8. The molecule has 5 heteroatoms. The number of halogens is 5. The van der Waals surface area contributed by atoms with E-state index in [-0.39, 0.29) is 31.6 Å². The van der Waals surface area contributed by atoms with Crippen molar-refractivity contribution in [1.82, 2.24) is 0 Å². The van der Waals surface area contributed by atoms with Crippen LogP contribution in [0.15, 0.2) is 0 Å². The fourth-order valence-corrected chi connectivity index (χ4v) is 7.76. The van der Waals surface area contributed by atoms with Gasteiger partial charge in [0, 0.05) is 5.41 Å². The molecule has 0 aliphatic heterocycles. The van der Waals surface area contributed by atoms with Crippen LogP contribution < -0.4 is 0 Å².